The van der Waals surface area contributed by atoms with E-state index in [-0.39, 0.29) is 5.54 Å². The summed E-state index contributed by atoms with van der Waals surface area (Å²) >= 11 is 0. The van der Waals surface area contributed by atoms with Gasteiger partial charge < -0.3 is 0 Å². The van der Waals surface area contributed by atoms with Gasteiger partial charge in [-0.3, -0.25) is 0 Å². The molecule has 180 valence electrons. The molecular formula is C33H39N2+. The van der Waals surface area contributed by atoms with E-state index in [4.69, 9.17) is 0 Å². The zero-order chi connectivity index (χ0) is 24.6. The lowest BCUT2D eigenvalue weighted by molar-refractivity contribution is -0.743. The quantitative estimate of drug-likeness (QED) is 0.213. The van der Waals surface area contributed by atoms with Crippen molar-refractivity contribution >= 4 is 32.9 Å². The number of hydrogen-bond acceptors (Lipinski definition) is 0. The molecule has 0 saturated heterocycles. The predicted molar refractivity (Wildman–Crippen MR) is 149 cm³/mol. The monoisotopic (exact) mass is 463 g/mol. The van der Waals surface area contributed by atoms with Gasteiger partial charge in [-0.1, -0.05) is 50.6 Å². The molecule has 6 rings (SSSR count). The van der Waals surface area contributed by atoms with Crippen LogP contribution in [0.3, 0.4) is 0 Å². The van der Waals surface area contributed by atoms with Crippen LogP contribution in [0.25, 0.3) is 32.9 Å². The van der Waals surface area contributed by atoms with Gasteiger partial charge in [0.15, 0.2) is 5.69 Å². The highest BCUT2D eigenvalue weighted by Gasteiger charge is 2.41. The van der Waals surface area contributed by atoms with Crippen LogP contribution in [0.15, 0.2) is 53.8 Å². The van der Waals surface area contributed by atoms with E-state index in [1.807, 2.05) is 0 Å². The smallest absolute Gasteiger partial charge is 0.224 e. The highest BCUT2D eigenvalue weighted by Crippen LogP contribution is 2.42. The molecule has 1 unspecified atom stereocenters. The zero-order valence-electron chi connectivity index (χ0n) is 22.5. The van der Waals surface area contributed by atoms with E-state index in [2.05, 4.69) is 100 Å². The van der Waals surface area contributed by atoms with Crippen LogP contribution >= 0.6 is 0 Å². The van der Waals surface area contributed by atoms with Crippen LogP contribution in [-0.4, -0.2) is 4.40 Å². The Kier molecular flexibility index (Phi) is 5.04. The van der Waals surface area contributed by atoms with Crippen LogP contribution in [-0.2, 0) is 12.0 Å². The highest BCUT2D eigenvalue weighted by atomic mass is 15.2. The Morgan fingerprint density at radius 1 is 1.00 bits per heavy atom. The largest absolute Gasteiger partial charge is 0.295 e. The van der Waals surface area contributed by atoms with Gasteiger partial charge in [0.1, 0.15) is 17.3 Å². The Morgan fingerprint density at radius 2 is 1.74 bits per heavy atom. The summed E-state index contributed by atoms with van der Waals surface area (Å²) in [6.45, 7) is 16.4. The predicted octanol–water partition coefficient (Wildman–Crippen LogP) is 8.37. The number of aryl methyl sites for hydroxylation is 3. The molecule has 3 heterocycles. The number of nitrogens with zero attached hydrogens (tertiary/aromatic N) is 2. The van der Waals surface area contributed by atoms with Crippen LogP contribution < -0.4 is 4.57 Å². The lowest BCUT2D eigenvalue weighted by Gasteiger charge is -2.28. The summed E-state index contributed by atoms with van der Waals surface area (Å²) in [4.78, 5) is 0. The molecule has 2 aliphatic rings. The molecule has 2 aromatic heterocycles. The Balaban J connectivity index is 1.93. The van der Waals surface area contributed by atoms with E-state index in [1.165, 1.54) is 72.8 Å². The third kappa shape index (κ3) is 2.98. The van der Waals surface area contributed by atoms with Gasteiger partial charge in [-0.2, -0.15) is 4.40 Å². The maximum atomic E-state index is 2.71. The third-order valence-corrected chi connectivity index (χ3v) is 9.70. The molecule has 1 aliphatic heterocycles. The fourth-order valence-corrected chi connectivity index (χ4v) is 7.00. The molecule has 35 heavy (non-hydrogen) atoms. The van der Waals surface area contributed by atoms with E-state index in [0.717, 1.165) is 25.7 Å². The second kappa shape index (κ2) is 7.82. The average molecular weight is 464 g/mol. The van der Waals surface area contributed by atoms with Gasteiger partial charge in [-0.05, 0) is 100 Å². The molecule has 2 heteroatoms. The molecule has 0 spiro atoms. The first-order valence-electron chi connectivity index (χ1n) is 13.6. The average Bonchev–Trinajstić information content (AvgIpc) is 3.18. The Labute approximate surface area is 210 Å². The standard InChI is InChI=1S/C33H39N2/c1-8-33(9-2)16-15-25-11-10-12-26-27-17-22(5)23(6)18-28(27)35-29(19-34(33)32(35)31(25)26)30-21(4)14-13-20(3)24(30)7/h10-12,14,17-20H,8-9,13,15-16H2,1-7H3/q+1. The van der Waals surface area contributed by atoms with E-state index in [1.54, 1.807) is 0 Å². The topological polar surface area (TPSA) is 8.29 Å². The summed E-state index contributed by atoms with van der Waals surface area (Å²) in [5.41, 5.74) is 12.9. The van der Waals surface area contributed by atoms with Crippen molar-refractivity contribution in [3.8, 4) is 0 Å². The number of hydrogen-bond donors (Lipinski definition) is 0. The molecule has 0 N–H and O–H groups in total. The van der Waals surface area contributed by atoms with Gasteiger partial charge in [0.05, 0.1) is 5.39 Å². The first kappa shape index (κ1) is 22.6. The normalized spacial score (nSPS) is 19.7. The molecule has 0 fully saturated rings. The second-order valence-corrected chi connectivity index (χ2v) is 11.4. The number of imidazole rings is 1. The maximum Gasteiger partial charge on any atom is 0.295 e. The van der Waals surface area contributed by atoms with Crippen LogP contribution in [0, 0.1) is 19.8 Å². The minimum absolute atomic E-state index is 0.134. The van der Waals surface area contributed by atoms with E-state index in [9.17, 15) is 0 Å². The number of allylic oxidation sites excluding steroid dienone is 4. The molecule has 0 bridgehead atoms. The Hall–Kier alpha value is -2.87. The molecule has 4 aromatic rings. The molecular weight excluding hydrogens is 424 g/mol. The molecule has 0 saturated carbocycles. The summed E-state index contributed by atoms with van der Waals surface area (Å²) in [5.74, 6) is 0.578. The summed E-state index contributed by atoms with van der Waals surface area (Å²) in [6.07, 6.45) is 10.8. The molecule has 0 radical (unpaired) electrons. The fraction of sp³-hybridized carbons (Fsp3) is 0.424. The summed E-state index contributed by atoms with van der Waals surface area (Å²) in [6, 6.07) is 11.9. The Morgan fingerprint density at radius 3 is 2.49 bits per heavy atom. The first-order valence-corrected chi connectivity index (χ1v) is 13.6. The van der Waals surface area contributed by atoms with Crippen molar-refractivity contribution < 1.29 is 4.57 Å². The SMILES string of the molecule is CCC1(CC)CCc2cccc3c4cc(C)c(C)cc4n4c(C5=C(C)C(C)CC=C5C)c[n+]1c4c23. The van der Waals surface area contributed by atoms with E-state index < -0.39 is 0 Å². The lowest BCUT2D eigenvalue weighted by atomic mass is 9.83. The van der Waals surface area contributed by atoms with Crippen LogP contribution in [0.4, 0.5) is 0 Å². The first-order chi connectivity index (χ1) is 16.8. The van der Waals surface area contributed by atoms with Crippen molar-refractivity contribution in [2.75, 3.05) is 0 Å². The van der Waals surface area contributed by atoms with Gasteiger partial charge in [-0.25, -0.2) is 4.57 Å². The molecule has 2 nitrogen and oxygen atoms in total. The molecule has 1 aliphatic carbocycles. The molecule has 0 amide bonds. The van der Waals surface area contributed by atoms with E-state index >= 15 is 0 Å². The molecule has 1 atom stereocenters. The third-order valence-electron chi connectivity index (χ3n) is 9.70. The summed E-state index contributed by atoms with van der Waals surface area (Å²) < 4.78 is 5.36. The van der Waals surface area contributed by atoms with Gasteiger partial charge in [0, 0.05) is 16.3 Å². The van der Waals surface area contributed by atoms with Crippen molar-refractivity contribution in [1.82, 2.24) is 4.40 Å². The lowest BCUT2D eigenvalue weighted by Crippen LogP contribution is -2.54. The van der Waals surface area contributed by atoms with Crippen molar-refractivity contribution in [2.24, 2.45) is 5.92 Å². The minimum atomic E-state index is 0.134. The number of aromatic nitrogens is 2. The number of pyridine rings is 1. The Bertz CT molecular complexity index is 1590. The van der Waals surface area contributed by atoms with E-state index in [0.29, 0.717) is 5.92 Å². The molecule has 2 aromatic carbocycles. The van der Waals surface area contributed by atoms with Crippen molar-refractivity contribution in [1.29, 1.82) is 0 Å². The van der Waals surface area contributed by atoms with Crippen molar-refractivity contribution in [3.05, 3.63) is 76.1 Å². The van der Waals surface area contributed by atoms with Gasteiger partial charge in [0.2, 0.25) is 0 Å². The number of benzene rings is 2. The van der Waals surface area contributed by atoms with Crippen LogP contribution in [0.2, 0.25) is 0 Å². The van der Waals surface area contributed by atoms with Gasteiger partial charge in [0.25, 0.3) is 5.65 Å². The van der Waals surface area contributed by atoms with Gasteiger partial charge >= 0.3 is 0 Å². The highest BCUT2D eigenvalue weighted by molar-refractivity contribution is 6.13. The number of rotatable bonds is 3. The van der Waals surface area contributed by atoms with Crippen LogP contribution in [0.1, 0.15) is 82.7 Å². The number of fused-ring (bicyclic) bond motifs is 3. The summed E-state index contributed by atoms with van der Waals surface area (Å²) in [5, 5.41) is 4.25. The summed E-state index contributed by atoms with van der Waals surface area (Å²) in [7, 11) is 0. The second-order valence-electron chi connectivity index (χ2n) is 11.4. The fourth-order valence-electron chi connectivity index (χ4n) is 7.00. The van der Waals surface area contributed by atoms with Crippen molar-refractivity contribution in [3.63, 3.8) is 0 Å². The minimum Gasteiger partial charge on any atom is -0.224 e. The maximum absolute atomic E-state index is 2.71. The zero-order valence-corrected chi connectivity index (χ0v) is 22.5. The van der Waals surface area contributed by atoms with Gasteiger partial charge in [-0.15, -0.1) is 0 Å². The van der Waals surface area contributed by atoms with Crippen molar-refractivity contribution in [2.45, 2.75) is 86.1 Å². The van der Waals surface area contributed by atoms with Crippen LogP contribution in [0.5, 0.6) is 0 Å².